The van der Waals surface area contributed by atoms with E-state index in [0.717, 1.165) is 5.65 Å². The summed E-state index contributed by atoms with van der Waals surface area (Å²) >= 11 is 0. The summed E-state index contributed by atoms with van der Waals surface area (Å²) < 4.78 is 1.84. The Balaban J connectivity index is 2.35. The van der Waals surface area contributed by atoms with Gasteiger partial charge in [0.15, 0.2) is 11.5 Å². The lowest BCUT2D eigenvalue weighted by molar-refractivity contribution is 0.235. The summed E-state index contributed by atoms with van der Waals surface area (Å²) in [5, 5.41) is 12.6. The third kappa shape index (κ3) is 2.96. The fraction of sp³-hybridized carbons (Fsp3) is 0.538. The first-order chi connectivity index (χ1) is 8.91. The van der Waals surface area contributed by atoms with Crippen molar-refractivity contribution < 1.29 is 5.11 Å². The molecule has 0 aliphatic carbocycles. The quantitative estimate of drug-likeness (QED) is 0.778. The van der Waals surface area contributed by atoms with Crippen molar-refractivity contribution in [3.8, 4) is 0 Å². The molecule has 4 N–H and O–H groups in total. The topological polar surface area (TPSA) is 88.5 Å². The molecule has 0 aliphatic rings. The van der Waals surface area contributed by atoms with Crippen LogP contribution in [0.5, 0.6) is 0 Å². The molecule has 1 atom stereocenters. The Hall–Kier alpha value is -1.82. The zero-order valence-corrected chi connectivity index (χ0v) is 11.6. The van der Waals surface area contributed by atoms with Crippen LogP contribution in [0.15, 0.2) is 18.6 Å². The summed E-state index contributed by atoms with van der Waals surface area (Å²) in [6.07, 6.45) is 5.91. The predicted molar refractivity (Wildman–Crippen MR) is 76.0 cm³/mol. The molecule has 0 bridgehead atoms. The van der Waals surface area contributed by atoms with E-state index < -0.39 is 0 Å². The number of nitrogen functional groups attached to an aromatic ring is 1. The van der Waals surface area contributed by atoms with Crippen molar-refractivity contribution in [1.29, 1.82) is 0 Å². The lowest BCUT2D eigenvalue weighted by Crippen LogP contribution is -2.35. The Bertz CT molecular complexity index is 558. The van der Waals surface area contributed by atoms with Gasteiger partial charge < -0.3 is 20.6 Å². The number of imidazole rings is 1. The van der Waals surface area contributed by atoms with Crippen molar-refractivity contribution in [2.75, 3.05) is 17.7 Å². The van der Waals surface area contributed by atoms with Gasteiger partial charge in [-0.05, 0) is 11.8 Å². The highest BCUT2D eigenvalue weighted by molar-refractivity contribution is 5.65. The SMILES string of the molecule is CC(C)(C)C(CCO)Nc1nc(N)cn2ccnc12. The van der Waals surface area contributed by atoms with Gasteiger partial charge in [-0.25, -0.2) is 9.97 Å². The van der Waals surface area contributed by atoms with E-state index in [0.29, 0.717) is 18.1 Å². The molecular formula is C13H21N5O. The normalized spacial score (nSPS) is 13.7. The Kier molecular flexibility index (Phi) is 3.61. The second-order valence-corrected chi connectivity index (χ2v) is 5.75. The number of aliphatic hydroxyl groups is 1. The van der Waals surface area contributed by atoms with Gasteiger partial charge in [0.05, 0.1) is 6.20 Å². The fourth-order valence-corrected chi connectivity index (χ4v) is 2.06. The molecular weight excluding hydrogens is 242 g/mol. The predicted octanol–water partition coefficient (Wildman–Crippen LogP) is 1.52. The number of nitrogens with two attached hydrogens (primary N) is 1. The van der Waals surface area contributed by atoms with Gasteiger partial charge in [0.1, 0.15) is 5.82 Å². The summed E-state index contributed by atoms with van der Waals surface area (Å²) in [5.74, 6) is 1.09. The van der Waals surface area contributed by atoms with E-state index in [2.05, 4.69) is 36.1 Å². The zero-order chi connectivity index (χ0) is 14.0. The van der Waals surface area contributed by atoms with Crippen LogP contribution in [0.25, 0.3) is 5.65 Å². The second-order valence-electron chi connectivity index (χ2n) is 5.75. The van der Waals surface area contributed by atoms with E-state index >= 15 is 0 Å². The average molecular weight is 263 g/mol. The van der Waals surface area contributed by atoms with E-state index in [1.807, 2.05) is 10.6 Å². The smallest absolute Gasteiger partial charge is 0.180 e. The van der Waals surface area contributed by atoms with Crippen molar-refractivity contribution in [1.82, 2.24) is 14.4 Å². The van der Waals surface area contributed by atoms with E-state index in [9.17, 15) is 5.11 Å². The molecule has 0 fully saturated rings. The van der Waals surface area contributed by atoms with Crippen LogP contribution in [-0.4, -0.2) is 32.1 Å². The minimum atomic E-state index is -0.00139. The molecule has 19 heavy (non-hydrogen) atoms. The summed E-state index contributed by atoms with van der Waals surface area (Å²) in [7, 11) is 0. The molecule has 2 heterocycles. The van der Waals surface area contributed by atoms with Crippen LogP contribution >= 0.6 is 0 Å². The maximum atomic E-state index is 9.20. The molecule has 0 spiro atoms. The number of nitrogens with zero attached hydrogens (tertiary/aromatic N) is 3. The Labute approximate surface area is 112 Å². The van der Waals surface area contributed by atoms with Gasteiger partial charge in [0, 0.05) is 25.0 Å². The first-order valence-electron chi connectivity index (χ1n) is 6.38. The Morgan fingerprint density at radius 3 is 2.84 bits per heavy atom. The van der Waals surface area contributed by atoms with Crippen LogP contribution in [0.4, 0.5) is 11.6 Å². The molecule has 0 saturated carbocycles. The monoisotopic (exact) mass is 263 g/mol. The largest absolute Gasteiger partial charge is 0.396 e. The van der Waals surface area contributed by atoms with Gasteiger partial charge in [-0.2, -0.15) is 0 Å². The fourth-order valence-electron chi connectivity index (χ4n) is 2.06. The first-order valence-corrected chi connectivity index (χ1v) is 6.38. The number of rotatable bonds is 4. The molecule has 0 aliphatic heterocycles. The molecule has 0 amide bonds. The van der Waals surface area contributed by atoms with Gasteiger partial charge in [0.25, 0.3) is 0 Å². The molecule has 0 radical (unpaired) electrons. The van der Waals surface area contributed by atoms with E-state index in [-0.39, 0.29) is 18.1 Å². The minimum absolute atomic E-state index is 0.00139. The maximum Gasteiger partial charge on any atom is 0.180 e. The van der Waals surface area contributed by atoms with Gasteiger partial charge in [-0.1, -0.05) is 20.8 Å². The van der Waals surface area contributed by atoms with Crippen molar-refractivity contribution in [2.24, 2.45) is 5.41 Å². The molecule has 0 saturated heterocycles. The molecule has 2 aromatic rings. The first kappa shape index (κ1) is 13.6. The molecule has 0 aromatic carbocycles. The number of nitrogens with one attached hydrogen (secondary N) is 1. The van der Waals surface area contributed by atoms with Crippen molar-refractivity contribution >= 4 is 17.3 Å². The minimum Gasteiger partial charge on any atom is -0.396 e. The summed E-state index contributed by atoms with van der Waals surface area (Å²) in [6.45, 7) is 6.49. The van der Waals surface area contributed by atoms with E-state index in [4.69, 9.17) is 5.73 Å². The summed E-state index contributed by atoms with van der Waals surface area (Å²) in [5.41, 5.74) is 6.53. The third-order valence-electron chi connectivity index (χ3n) is 3.17. The zero-order valence-electron chi connectivity index (χ0n) is 11.6. The maximum absolute atomic E-state index is 9.20. The summed E-state index contributed by atoms with van der Waals surface area (Å²) in [4.78, 5) is 8.59. The van der Waals surface area contributed by atoms with Gasteiger partial charge in [0.2, 0.25) is 0 Å². The highest BCUT2D eigenvalue weighted by Gasteiger charge is 2.25. The van der Waals surface area contributed by atoms with Gasteiger partial charge in [-0.3, -0.25) is 0 Å². The Morgan fingerprint density at radius 1 is 1.47 bits per heavy atom. The van der Waals surface area contributed by atoms with Crippen LogP contribution in [0, 0.1) is 5.41 Å². The van der Waals surface area contributed by atoms with Crippen LogP contribution < -0.4 is 11.1 Å². The molecule has 104 valence electrons. The Morgan fingerprint density at radius 2 is 2.21 bits per heavy atom. The number of aliphatic hydroxyl groups excluding tert-OH is 1. The molecule has 2 rings (SSSR count). The van der Waals surface area contributed by atoms with Crippen LogP contribution in [-0.2, 0) is 0 Å². The molecule has 1 unspecified atom stereocenters. The van der Waals surface area contributed by atoms with E-state index in [1.165, 1.54) is 0 Å². The number of hydrogen-bond donors (Lipinski definition) is 3. The number of aromatic nitrogens is 3. The molecule has 6 nitrogen and oxygen atoms in total. The lowest BCUT2D eigenvalue weighted by Gasteiger charge is -2.31. The standard InChI is InChI=1S/C13H21N5O/c1-13(2,3)9(4-7-19)16-11-12-15-5-6-18(12)8-10(14)17-11/h5-6,8-9,19H,4,7,14H2,1-3H3,(H,16,17). The van der Waals surface area contributed by atoms with Crippen molar-refractivity contribution in [3.63, 3.8) is 0 Å². The van der Waals surface area contributed by atoms with Crippen LogP contribution in [0.3, 0.4) is 0 Å². The average Bonchev–Trinajstić information content (AvgIpc) is 2.74. The van der Waals surface area contributed by atoms with Gasteiger partial charge in [-0.15, -0.1) is 0 Å². The van der Waals surface area contributed by atoms with Crippen LogP contribution in [0.1, 0.15) is 27.2 Å². The molecule has 6 heteroatoms. The van der Waals surface area contributed by atoms with Crippen molar-refractivity contribution in [3.05, 3.63) is 18.6 Å². The highest BCUT2D eigenvalue weighted by Crippen LogP contribution is 2.26. The third-order valence-corrected chi connectivity index (χ3v) is 3.17. The van der Waals surface area contributed by atoms with Gasteiger partial charge >= 0.3 is 0 Å². The number of fused-ring (bicyclic) bond motifs is 1. The number of hydrogen-bond acceptors (Lipinski definition) is 5. The van der Waals surface area contributed by atoms with Crippen LogP contribution in [0.2, 0.25) is 0 Å². The summed E-state index contributed by atoms with van der Waals surface area (Å²) in [6, 6.07) is 0.0901. The van der Waals surface area contributed by atoms with Crippen molar-refractivity contribution in [2.45, 2.75) is 33.2 Å². The lowest BCUT2D eigenvalue weighted by atomic mass is 9.85. The second kappa shape index (κ2) is 5.05. The molecule has 2 aromatic heterocycles. The van der Waals surface area contributed by atoms with E-state index in [1.54, 1.807) is 12.4 Å². The highest BCUT2D eigenvalue weighted by atomic mass is 16.3. The number of anilines is 2.